The number of nitrogens with zero attached hydrogens (tertiary/aromatic N) is 1. The smallest absolute Gasteiger partial charge is 0.337 e. The number of methoxy groups -OCH3 is 2. The molecule has 2 atom stereocenters. The Bertz CT molecular complexity index is 1310. The number of carbonyl (C=O) groups is 2. The Balaban J connectivity index is 1.78. The molecule has 2 aromatic carbocycles. The average molecular weight is 507 g/mol. The lowest BCUT2D eigenvalue weighted by Gasteiger charge is -2.37. The Labute approximate surface area is 215 Å². The summed E-state index contributed by atoms with van der Waals surface area (Å²) < 4.78 is 16.3. The van der Waals surface area contributed by atoms with E-state index in [0.717, 1.165) is 11.3 Å². The standard InChI is InChI=1S/C28H30N2O7/c1-15(2)37-28(32)25-16(3)29-21-12-19(18-8-11-23(35-4)24(14-18)36-5)13-22(31)27(21)26(25)17-6-9-20(10-7-17)30(33)34/h6-11,14-15,19,26,29H,12-13H2,1-5H3/t19-,26+/m1/s1. The normalized spacial score (nSPS) is 19.4. The van der Waals surface area contributed by atoms with Crippen molar-refractivity contribution in [2.45, 2.75) is 51.6 Å². The number of hydrogen-bond acceptors (Lipinski definition) is 8. The van der Waals surface area contributed by atoms with Crippen LogP contribution in [0.25, 0.3) is 0 Å². The Morgan fingerprint density at radius 2 is 1.68 bits per heavy atom. The van der Waals surface area contributed by atoms with Crippen LogP contribution in [0.3, 0.4) is 0 Å². The molecule has 0 saturated heterocycles. The molecule has 9 heteroatoms. The summed E-state index contributed by atoms with van der Waals surface area (Å²) in [5, 5.41) is 14.5. The molecule has 0 aromatic heterocycles. The minimum Gasteiger partial charge on any atom is -0.493 e. The molecule has 2 aromatic rings. The van der Waals surface area contributed by atoms with E-state index in [1.54, 1.807) is 47.1 Å². The molecule has 0 saturated carbocycles. The number of ether oxygens (including phenoxy) is 3. The number of hydrogen-bond donors (Lipinski definition) is 1. The monoisotopic (exact) mass is 506 g/mol. The number of nitro benzene ring substituents is 1. The second kappa shape index (κ2) is 10.5. The highest BCUT2D eigenvalue weighted by atomic mass is 16.6. The summed E-state index contributed by atoms with van der Waals surface area (Å²) in [4.78, 5) is 37.6. The van der Waals surface area contributed by atoms with Crippen LogP contribution in [-0.2, 0) is 14.3 Å². The molecule has 194 valence electrons. The van der Waals surface area contributed by atoms with Gasteiger partial charge < -0.3 is 19.5 Å². The van der Waals surface area contributed by atoms with Crippen LogP contribution >= 0.6 is 0 Å². The SMILES string of the molecule is COc1ccc([C@H]2CC(=O)C3=C(C2)NC(C)=C(C(=O)OC(C)C)[C@@H]3c2ccc([N+](=O)[O-])cc2)cc1OC. The highest BCUT2D eigenvalue weighted by Crippen LogP contribution is 2.46. The quantitative estimate of drug-likeness (QED) is 0.319. The molecule has 0 spiro atoms. The van der Waals surface area contributed by atoms with Crippen LogP contribution in [0.15, 0.2) is 65.0 Å². The maximum Gasteiger partial charge on any atom is 0.337 e. The molecule has 9 nitrogen and oxygen atoms in total. The van der Waals surface area contributed by atoms with Gasteiger partial charge in [-0.15, -0.1) is 0 Å². The molecular formula is C28H30N2O7. The fourth-order valence-corrected chi connectivity index (χ4v) is 5.05. The van der Waals surface area contributed by atoms with Crippen LogP contribution in [0.4, 0.5) is 5.69 Å². The van der Waals surface area contributed by atoms with E-state index in [4.69, 9.17) is 14.2 Å². The fraction of sp³-hybridized carbons (Fsp3) is 0.357. The summed E-state index contributed by atoms with van der Waals surface area (Å²) in [5.41, 5.74) is 3.64. The van der Waals surface area contributed by atoms with E-state index < -0.39 is 16.8 Å². The predicted molar refractivity (Wildman–Crippen MR) is 136 cm³/mol. The van der Waals surface area contributed by atoms with Gasteiger partial charge in [0.15, 0.2) is 17.3 Å². The van der Waals surface area contributed by atoms with Crippen molar-refractivity contribution in [1.82, 2.24) is 5.32 Å². The molecule has 1 aliphatic carbocycles. The third-order valence-electron chi connectivity index (χ3n) is 6.71. The number of ketones is 1. The first-order valence-corrected chi connectivity index (χ1v) is 12.1. The number of nitro groups is 1. The number of nitrogens with one attached hydrogen (secondary N) is 1. The van der Waals surface area contributed by atoms with Gasteiger partial charge in [-0.1, -0.05) is 18.2 Å². The molecular weight excluding hydrogens is 476 g/mol. The van der Waals surface area contributed by atoms with Crippen molar-refractivity contribution in [3.8, 4) is 11.5 Å². The minimum absolute atomic E-state index is 0.0672. The molecule has 0 fully saturated rings. The molecule has 1 heterocycles. The van der Waals surface area contributed by atoms with Crippen molar-refractivity contribution in [3.63, 3.8) is 0 Å². The molecule has 0 bridgehead atoms. The number of dihydropyridines is 1. The van der Waals surface area contributed by atoms with Gasteiger partial charge in [0.2, 0.25) is 0 Å². The van der Waals surface area contributed by atoms with E-state index in [-0.39, 0.29) is 29.9 Å². The number of esters is 1. The first-order chi connectivity index (χ1) is 17.6. The van der Waals surface area contributed by atoms with Gasteiger partial charge in [0, 0.05) is 41.4 Å². The largest absolute Gasteiger partial charge is 0.493 e. The van der Waals surface area contributed by atoms with Crippen LogP contribution < -0.4 is 14.8 Å². The molecule has 0 amide bonds. The first kappa shape index (κ1) is 25.9. The summed E-state index contributed by atoms with van der Waals surface area (Å²) in [6, 6.07) is 11.6. The molecule has 4 rings (SSSR count). The number of Topliss-reactive ketones (excluding diaryl/α,β-unsaturated/α-hetero) is 1. The molecule has 0 unspecified atom stereocenters. The van der Waals surface area contributed by atoms with Gasteiger partial charge in [-0.2, -0.15) is 0 Å². The summed E-state index contributed by atoms with van der Waals surface area (Å²) >= 11 is 0. The Morgan fingerprint density at radius 1 is 1.03 bits per heavy atom. The topological polar surface area (TPSA) is 117 Å². The fourth-order valence-electron chi connectivity index (χ4n) is 5.05. The zero-order valence-corrected chi connectivity index (χ0v) is 21.5. The Hall–Kier alpha value is -4.14. The first-order valence-electron chi connectivity index (χ1n) is 12.1. The summed E-state index contributed by atoms with van der Waals surface area (Å²) in [6.07, 6.45) is 0.437. The summed E-state index contributed by atoms with van der Waals surface area (Å²) in [7, 11) is 3.14. The Morgan fingerprint density at radius 3 is 2.27 bits per heavy atom. The molecule has 37 heavy (non-hydrogen) atoms. The van der Waals surface area contributed by atoms with Crippen molar-refractivity contribution >= 4 is 17.4 Å². The minimum atomic E-state index is -0.692. The van der Waals surface area contributed by atoms with Crippen LogP contribution in [0, 0.1) is 10.1 Å². The van der Waals surface area contributed by atoms with E-state index >= 15 is 0 Å². The van der Waals surface area contributed by atoms with Crippen molar-refractivity contribution in [2.75, 3.05) is 14.2 Å². The van der Waals surface area contributed by atoms with Crippen molar-refractivity contribution < 1.29 is 28.7 Å². The lowest BCUT2D eigenvalue weighted by Crippen LogP contribution is -2.36. The number of rotatable bonds is 7. The lowest BCUT2D eigenvalue weighted by atomic mass is 9.71. The van der Waals surface area contributed by atoms with E-state index in [9.17, 15) is 19.7 Å². The predicted octanol–water partition coefficient (Wildman–Crippen LogP) is 4.93. The highest BCUT2D eigenvalue weighted by Gasteiger charge is 2.41. The third kappa shape index (κ3) is 5.07. The van der Waals surface area contributed by atoms with Crippen molar-refractivity contribution in [1.29, 1.82) is 0 Å². The lowest BCUT2D eigenvalue weighted by molar-refractivity contribution is -0.384. The van der Waals surface area contributed by atoms with E-state index in [0.29, 0.717) is 40.3 Å². The number of non-ortho nitro benzene ring substituents is 1. The maximum atomic E-state index is 13.7. The van der Waals surface area contributed by atoms with Gasteiger partial charge in [-0.05, 0) is 56.4 Å². The molecule has 1 aliphatic heterocycles. The summed E-state index contributed by atoms with van der Waals surface area (Å²) in [5.74, 6) is -0.226. The number of carbonyl (C=O) groups excluding carboxylic acids is 2. The second-order valence-corrected chi connectivity index (χ2v) is 9.43. The zero-order valence-electron chi connectivity index (χ0n) is 21.5. The van der Waals surface area contributed by atoms with Gasteiger partial charge >= 0.3 is 5.97 Å². The van der Waals surface area contributed by atoms with Crippen LogP contribution in [0.2, 0.25) is 0 Å². The van der Waals surface area contributed by atoms with Gasteiger partial charge in [0.25, 0.3) is 5.69 Å². The van der Waals surface area contributed by atoms with Gasteiger partial charge in [-0.25, -0.2) is 4.79 Å². The zero-order chi connectivity index (χ0) is 26.9. The van der Waals surface area contributed by atoms with E-state index in [1.807, 2.05) is 18.2 Å². The average Bonchev–Trinajstić information content (AvgIpc) is 2.86. The maximum absolute atomic E-state index is 13.7. The highest BCUT2D eigenvalue weighted by molar-refractivity contribution is 6.04. The van der Waals surface area contributed by atoms with Gasteiger partial charge in [-0.3, -0.25) is 14.9 Å². The van der Waals surface area contributed by atoms with Crippen molar-refractivity contribution in [2.24, 2.45) is 0 Å². The van der Waals surface area contributed by atoms with Crippen LogP contribution in [-0.4, -0.2) is 37.0 Å². The number of allylic oxidation sites excluding steroid dienone is 3. The molecule has 0 radical (unpaired) electrons. The van der Waals surface area contributed by atoms with Crippen LogP contribution in [0.5, 0.6) is 11.5 Å². The van der Waals surface area contributed by atoms with E-state index in [2.05, 4.69) is 5.32 Å². The van der Waals surface area contributed by atoms with Crippen molar-refractivity contribution in [3.05, 3.63) is 86.2 Å². The van der Waals surface area contributed by atoms with Crippen LogP contribution in [0.1, 0.15) is 56.6 Å². The number of benzene rings is 2. The third-order valence-corrected chi connectivity index (χ3v) is 6.71. The summed E-state index contributed by atoms with van der Waals surface area (Å²) in [6.45, 7) is 5.30. The second-order valence-electron chi connectivity index (χ2n) is 9.43. The molecule has 1 N–H and O–H groups in total. The van der Waals surface area contributed by atoms with Gasteiger partial charge in [0.1, 0.15) is 0 Å². The Kier molecular flexibility index (Phi) is 7.33. The molecule has 2 aliphatic rings. The van der Waals surface area contributed by atoms with E-state index in [1.165, 1.54) is 12.1 Å². The van der Waals surface area contributed by atoms with Gasteiger partial charge in [0.05, 0.1) is 30.8 Å².